The highest BCUT2D eigenvalue weighted by molar-refractivity contribution is 5.79. The number of carbonyl (C=O) groups excluding carboxylic acids is 1. The van der Waals surface area contributed by atoms with Crippen LogP contribution in [0.3, 0.4) is 0 Å². The topological polar surface area (TPSA) is 103 Å². The van der Waals surface area contributed by atoms with E-state index in [-0.39, 0.29) is 18.6 Å². The highest BCUT2D eigenvalue weighted by atomic mass is 16.7. The zero-order chi connectivity index (χ0) is 23.1. The maximum Gasteiger partial charge on any atom is 0.231 e. The van der Waals surface area contributed by atoms with Crippen LogP contribution in [0.4, 0.5) is 0 Å². The number of hydrogen-bond acceptors (Lipinski definition) is 6. The van der Waals surface area contributed by atoms with Gasteiger partial charge >= 0.3 is 0 Å². The molecule has 3 N–H and O–H groups in total. The van der Waals surface area contributed by atoms with E-state index in [2.05, 4.69) is 15.6 Å². The largest absolute Gasteiger partial charge is 0.454 e. The average molecular weight is 469 g/mol. The quantitative estimate of drug-likeness (QED) is 0.579. The van der Waals surface area contributed by atoms with E-state index < -0.39 is 5.60 Å². The summed E-state index contributed by atoms with van der Waals surface area (Å²) >= 11 is 0. The second-order valence-electron chi connectivity index (χ2n) is 10.5. The number of benzene rings is 1. The molecule has 1 aromatic carbocycles. The molecule has 1 unspecified atom stereocenters. The summed E-state index contributed by atoms with van der Waals surface area (Å²) in [5.41, 5.74) is 0.931. The summed E-state index contributed by atoms with van der Waals surface area (Å²) in [7, 11) is 0. The number of amides is 1. The number of nitrogens with one attached hydrogen (secondary N) is 2. The molecule has 9 heteroatoms. The van der Waals surface area contributed by atoms with Gasteiger partial charge in [-0.1, -0.05) is 30.5 Å². The summed E-state index contributed by atoms with van der Waals surface area (Å²) in [4.78, 5) is 14.5. The zero-order valence-corrected chi connectivity index (χ0v) is 19.5. The van der Waals surface area contributed by atoms with Crippen LogP contribution in [0.25, 0.3) is 0 Å². The number of fused-ring (bicyclic) bond motifs is 4. The summed E-state index contributed by atoms with van der Waals surface area (Å²) in [5, 5.41) is 22.8. The fourth-order valence-corrected chi connectivity index (χ4v) is 6.41. The van der Waals surface area contributed by atoms with Gasteiger partial charge in [0.1, 0.15) is 17.3 Å². The van der Waals surface area contributed by atoms with Crippen molar-refractivity contribution in [2.24, 2.45) is 11.8 Å². The Morgan fingerprint density at radius 1 is 1.24 bits per heavy atom. The van der Waals surface area contributed by atoms with Crippen molar-refractivity contribution in [2.75, 3.05) is 19.9 Å². The van der Waals surface area contributed by atoms with Gasteiger partial charge in [-0.3, -0.25) is 4.79 Å². The maximum absolute atomic E-state index is 13.0. The monoisotopic (exact) mass is 468 g/mol. The van der Waals surface area contributed by atoms with E-state index in [1.807, 2.05) is 29.1 Å². The molecule has 1 aliphatic carbocycles. The van der Waals surface area contributed by atoms with Crippen LogP contribution < -0.4 is 19.7 Å². The van der Waals surface area contributed by atoms with E-state index in [1.54, 1.807) is 0 Å². The van der Waals surface area contributed by atoms with Crippen molar-refractivity contribution in [3.63, 3.8) is 0 Å². The molecule has 5 heterocycles. The number of carbonyl (C=O) groups is 1. The molecule has 4 atom stereocenters. The van der Waals surface area contributed by atoms with Gasteiger partial charge in [0.2, 0.25) is 12.7 Å². The Kier molecular flexibility index (Phi) is 5.69. The van der Waals surface area contributed by atoms with Crippen LogP contribution in [0, 0.1) is 11.8 Å². The van der Waals surface area contributed by atoms with Crippen LogP contribution >= 0.6 is 0 Å². The van der Waals surface area contributed by atoms with Gasteiger partial charge < -0.3 is 24.8 Å². The molecule has 1 amide bonds. The second kappa shape index (κ2) is 8.85. The molecule has 34 heavy (non-hydrogen) atoms. The third-order valence-electron chi connectivity index (χ3n) is 8.40. The predicted molar refractivity (Wildman–Crippen MR) is 122 cm³/mol. The second-order valence-corrected chi connectivity index (χ2v) is 10.5. The molecule has 2 bridgehead atoms. The molecule has 2 aromatic rings. The van der Waals surface area contributed by atoms with Crippen LogP contribution in [0.15, 0.2) is 24.4 Å². The van der Waals surface area contributed by atoms with Gasteiger partial charge in [0.25, 0.3) is 0 Å². The first kappa shape index (κ1) is 21.9. The smallest absolute Gasteiger partial charge is 0.231 e. The first-order valence-corrected chi connectivity index (χ1v) is 12.7. The minimum Gasteiger partial charge on any atom is -0.454 e. The molecular formula is C25H34N5O4+. The predicted octanol–water partition coefficient (Wildman–Crippen LogP) is 0.768. The summed E-state index contributed by atoms with van der Waals surface area (Å²) in [6, 6.07) is 6.25. The highest BCUT2D eigenvalue weighted by Crippen LogP contribution is 2.36. The van der Waals surface area contributed by atoms with Crippen LogP contribution in [-0.4, -0.2) is 51.9 Å². The van der Waals surface area contributed by atoms with Crippen molar-refractivity contribution in [1.29, 1.82) is 0 Å². The van der Waals surface area contributed by atoms with E-state index in [4.69, 9.17) is 9.47 Å². The Morgan fingerprint density at radius 2 is 2.09 bits per heavy atom. The van der Waals surface area contributed by atoms with E-state index in [0.717, 1.165) is 80.9 Å². The Labute approximate surface area is 199 Å². The van der Waals surface area contributed by atoms with Gasteiger partial charge in [-0.25, -0.2) is 4.68 Å². The lowest BCUT2D eigenvalue weighted by Gasteiger charge is -2.46. The molecule has 182 valence electrons. The number of piperidine rings is 3. The molecular weight excluding hydrogens is 434 g/mol. The van der Waals surface area contributed by atoms with Crippen molar-refractivity contribution in [3.05, 3.63) is 35.7 Å². The van der Waals surface area contributed by atoms with Crippen LogP contribution in [0.5, 0.6) is 11.5 Å². The summed E-state index contributed by atoms with van der Waals surface area (Å²) in [5.74, 6) is 2.12. The van der Waals surface area contributed by atoms with Crippen LogP contribution in [0.2, 0.25) is 0 Å². The number of ether oxygens (including phenoxy) is 2. The van der Waals surface area contributed by atoms with Gasteiger partial charge in [0.05, 0.1) is 31.7 Å². The molecule has 3 saturated heterocycles. The number of nitrogens with zero attached hydrogens (tertiary/aromatic N) is 3. The van der Waals surface area contributed by atoms with Crippen molar-refractivity contribution in [3.8, 4) is 11.5 Å². The molecule has 4 aliphatic heterocycles. The zero-order valence-electron chi connectivity index (χ0n) is 19.5. The normalized spacial score (nSPS) is 29.2. The Bertz CT molecular complexity index is 1050. The molecule has 1 saturated carbocycles. The van der Waals surface area contributed by atoms with E-state index in [1.165, 1.54) is 11.3 Å². The van der Waals surface area contributed by atoms with Crippen molar-refractivity contribution in [1.82, 2.24) is 20.3 Å². The Balaban J connectivity index is 1.04. The van der Waals surface area contributed by atoms with E-state index >= 15 is 0 Å². The number of aliphatic hydroxyl groups is 1. The van der Waals surface area contributed by atoms with Gasteiger partial charge in [0.15, 0.2) is 11.5 Å². The fourth-order valence-electron chi connectivity index (χ4n) is 6.41. The molecule has 7 rings (SSSR count). The number of hydrogen-bond donors (Lipinski definition) is 3. The standard InChI is InChI=1S/C25H33N5O4/c31-24(26-12-17-4-5-21-22(10-17)34-16-33-21)20-14-29-9-6-18(20)11-19(29)13-30-15-23(27-28-30)25(32)7-2-1-3-8-25/h4-5,10,15,18-20,32H,1-3,6-9,11-14,16H2,(H,26,31)/p+1/t18-,19+,20-/m0/s1. The lowest BCUT2D eigenvalue weighted by Crippen LogP contribution is -3.20. The molecule has 1 aromatic heterocycles. The third-order valence-corrected chi connectivity index (χ3v) is 8.40. The van der Waals surface area contributed by atoms with Gasteiger partial charge in [-0.05, 0) is 36.5 Å². The average Bonchev–Trinajstić information content (AvgIpc) is 3.53. The number of quaternary nitrogens is 1. The van der Waals surface area contributed by atoms with E-state index in [0.29, 0.717) is 18.5 Å². The first-order chi connectivity index (χ1) is 16.6. The summed E-state index contributed by atoms with van der Waals surface area (Å²) in [6.07, 6.45) is 8.89. The minimum absolute atomic E-state index is 0.0586. The summed E-state index contributed by atoms with van der Waals surface area (Å²) in [6.45, 7) is 3.52. The maximum atomic E-state index is 13.0. The highest BCUT2D eigenvalue weighted by Gasteiger charge is 2.46. The van der Waals surface area contributed by atoms with Gasteiger partial charge in [-0.2, -0.15) is 0 Å². The van der Waals surface area contributed by atoms with Crippen molar-refractivity contribution in [2.45, 2.75) is 69.7 Å². The fraction of sp³-hybridized carbons (Fsp3) is 0.640. The van der Waals surface area contributed by atoms with Crippen LogP contribution in [-0.2, 0) is 23.5 Å². The molecule has 0 radical (unpaired) electrons. The first-order valence-electron chi connectivity index (χ1n) is 12.7. The van der Waals surface area contributed by atoms with E-state index in [9.17, 15) is 9.90 Å². The third kappa shape index (κ3) is 4.15. The van der Waals surface area contributed by atoms with Gasteiger partial charge in [-0.15, -0.1) is 5.10 Å². The summed E-state index contributed by atoms with van der Waals surface area (Å²) < 4.78 is 12.7. The SMILES string of the molecule is O=C(NCc1ccc2c(c1)OCO2)[C@H]1C[NH+]2CC[C@H]1C[C@@H]2Cn1cc(C2(O)CCCCC2)nn1. The van der Waals surface area contributed by atoms with Crippen LogP contribution in [0.1, 0.15) is 56.2 Å². The molecule has 0 spiro atoms. The number of aromatic nitrogens is 3. The Morgan fingerprint density at radius 3 is 2.91 bits per heavy atom. The number of rotatable bonds is 6. The minimum atomic E-state index is -0.809. The molecule has 4 fully saturated rings. The van der Waals surface area contributed by atoms with Crippen molar-refractivity contribution < 1.29 is 24.3 Å². The van der Waals surface area contributed by atoms with Crippen molar-refractivity contribution >= 4 is 5.91 Å². The lowest BCUT2D eigenvalue weighted by molar-refractivity contribution is -0.945. The Hall–Kier alpha value is -2.65. The molecule has 9 nitrogen and oxygen atoms in total. The lowest BCUT2D eigenvalue weighted by atomic mass is 9.75. The van der Waals surface area contributed by atoms with Gasteiger partial charge in [0, 0.05) is 19.4 Å². The molecule has 5 aliphatic rings.